The molecular weight excluding hydrogens is 550 g/mol. The van der Waals surface area contributed by atoms with Crippen molar-refractivity contribution in [3.05, 3.63) is 47.0 Å². The molecule has 8 atom stereocenters. The van der Waals surface area contributed by atoms with Gasteiger partial charge in [0.05, 0.1) is 16.5 Å². The Balaban J connectivity index is 1.21. The molecule has 6 nitrogen and oxygen atoms in total. The summed E-state index contributed by atoms with van der Waals surface area (Å²) < 4.78 is 0. The zero-order valence-corrected chi connectivity index (χ0v) is 27.7. The van der Waals surface area contributed by atoms with Crippen LogP contribution in [0.25, 0.3) is 0 Å². The first kappa shape index (κ1) is 29.9. The van der Waals surface area contributed by atoms with E-state index in [1.54, 1.807) is 24.3 Å². The summed E-state index contributed by atoms with van der Waals surface area (Å²) in [5.74, 6) is -0.801. The molecule has 4 saturated carbocycles. The quantitative estimate of drug-likeness (QED) is 0.321. The van der Waals surface area contributed by atoms with Gasteiger partial charge in [-0.3, -0.25) is 14.4 Å². The number of ketones is 1. The van der Waals surface area contributed by atoms with E-state index in [1.165, 1.54) is 24.8 Å². The zero-order chi connectivity index (χ0) is 31.7. The van der Waals surface area contributed by atoms with E-state index in [4.69, 9.17) is 4.84 Å². The fraction of sp³-hybridized carbons (Fsp3) is 0.684. The van der Waals surface area contributed by atoms with Crippen molar-refractivity contribution in [3.63, 3.8) is 0 Å². The fourth-order valence-electron chi connectivity index (χ4n) is 11.9. The number of imide groups is 1. The molecule has 0 saturated heterocycles. The molecule has 2 amide bonds. The average Bonchev–Trinajstić information content (AvgIpc) is 3.19. The topological polar surface area (TPSA) is 80.8 Å². The minimum absolute atomic E-state index is 0.00507. The normalized spacial score (nSPS) is 44.1. The molecule has 1 aliphatic heterocycles. The van der Waals surface area contributed by atoms with E-state index >= 15 is 0 Å². The van der Waals surface area contributed by atoms with Gasteiger partial charge in [0.25, 0.3) is 11.8 Å². The van der Waals surface area contributed by atoms with Gasteiger partial charge >= 0.3 is 5.97 Å². The maximum absolute atomic E-state index is 14.5. The lowest BCUT2D eigenvalue weighted by molar-refractivity contribution is -0.192. The van der Waals surface area contributed by atoms with Crippen LogP contribution in [-0.4, -0.2) is 28.6 Å². The summed E-state index contributed by atoms with van der Waals surface area (Å²) in [4.78, 5) is 60.1. The standard InChI is InChI=1S/C38H49NO5/c1-33(2)14-10-15-36(5)28(33)13-16-38(7)29(36)27(40)21-25-26-22-35(4,18-17-34(26,3)19-20-37(25,38)6)32(43)44-39-30(41)23-11-8-9-12-24(23)31(39)42/h8-9,11-12,21,26,28-29H,10,13-20,22H2,1-7H3/t26-,28-,29+,34+,35-,36-,37+,38+/m0/s1. The molecule has 0 aromatic heterocycles. The smallest absolute Gasteiger partial charge is 0.329 e. The number of amides is 2. The highest BCUT2D eigenvalue weighted by Crippen LogP contribution is 2.75. The first-order valence-electron chi connectivity index (χ1n) is 17.0. The van der Waals surface area contributed by atoms with Crippen molar-refractivity contribution in [2.75, 3.05) is 0 Å². The van der Waals surface area contributed by atoms with Gasteiger partial charge < -0.3 is 4.84 Å². The molecular formula is C38H49NO5. The highest BCUT2D eigenvalue weighted by molar-refractivity contribution is 6.20. The van der Waals surface area contributed by atoms with Crippen LogP contribution in [0, 0.1) is 50.2 Å². The van der Waals surface area contributed by atoms with Crippen LogP contribution in [0.15, 0.2) is 35.9 Å². The van der Waals surface area contributed by atoms with Crippen molar-refractivity contribution in [2.45, 2.75) is 113 Å². The second-order valence-electron chi connectivity index (χ2n) is 17.4. The Morgan fingerprint density at radius 1 is 0.818 bits per heavy atom. The predicted octanol–water partition coefficient (Wildman–Crippen LogP) is 8.11. The molecule has 1 aromatic rings. The molecule has 1 aromatic carbocycles. The monoisotopic (exact) mass is 599 g/mol. The van der Waals surface area contributed by atoms with Crippen molar-refractivity contribution in [3.8, 4) is 0 Å². The number of carbonyl (C=O) groups excluding carboxylic acids is 4. The number of hydroxylamine groups is 2. The number of hydrogen-bond acceptors (Lipinski definition) is 5. The van der Waals surface area contributed by atoms with Crippen molar-refractivity contribution in [2.24, 2.45) is 50.2 Å². The highest BCUT2D eigenvalue weighted by Gasteiger charge is 2.69. The lowest BCUT2D eigenvalue weighted by atomic mass is 9.33. The average molecular weight is 600 g/mol. The number of carbonyl (C=O) groups is 4. The lowest BCUT2D eigenvalue weighted by Crippen LogP contribution is -2.65. The number of nitrogens with zero attached hydrogens (tertiary/aromatic N) is 1. The maximum atomic E-state index is 14.5. The molecule has 7 rings (SSSR count). The predicted molar refractivity (Wildman–Crippen MR) is 167 cm³/mol. The summed E-state index contributed by atoms with van der Waals surface area (Å²) >= 11 is 0. The van der Waals surface area contributed by atoms with E-state index in [-0.39, 0.29) is 50.0 Å². The van der Waals surface area contributed by atoms with E-state index in [9.17, 15) is 19.2 Å². The third-order valence-corrected chi connectivity index (χ3v) is 14.7. The molecule has 4 fully saturated rings. The third-order valence-electron chi connectivity index (χ3n) is 14.7. The van der Waals surface area contributed by atoms with Crippen LogP contribution in [0.3, 0.4) is 0 Å². The van der Waals surface area contributed by atoms with Gasteiger partial charge in [-0.25, -0.2) is 4.79 Å². The molecule has 0 unspecified atom stereocenters. The molecule has 0 spiro atoms. The van der Waals surface area contributed by atoms with Crippen LogP contribution < -0.4 is 0 Å². The molecule has 6 aliphatic rings. The summed E-state index contributed by atoms with van der Waals surface area (Å²) in [6.07, 6.45) is 11.9. The summed E-state index contributed by atoms with van der Waals surface area (Å²) in [6, 6.07) is 6.57. The molecule has 6 heteroatoms. The highest BCUT2D eigenvalue weighted by atomic mass is 16.7. The van der Waals surface area contributed by atoms with Crippen molar-refractivity contribution < 1.29 is 24.0 Å². The van der Waals surface area contributed by atoms with Gasteiger partial charge in [0, 0.05) is 5.92 Å². The van der Waals surface area contributed by atoms with Crippen molar-refractivity contribution >= 4 is 23.6 Å². The second kappa shape index (κ2) is 9.16. The Bertz CT molecular complexity index is 1490. The summed E-state index contributed by atoms with van der Waals surface area (Å²) in [5.41, 5.74) is 0.838. The van der Waals surface area contributed by atoms with Gasteiger partial charge in [-0.05, 0) is 122 Å². The summed E-state index contributed by atoms with van der Waals surface area (Å²) in [7, 11) is 0. The minimum Gasteiger partial charge on any atom is -0.329 e. The largest absolute Gasteiger partial charge is 0.339 e. The number of benzene rings is 1. The fourth-order valence-corrected chi connectivity index (χ4v) is 11.9. The Morgan fingerprint density at radius 2 is 1.45 bits per heavy atom. The zero-order valence-electron chi connectivity index (χ0n) is 27.7. The number of allylic oxidation sites excluding steroid dienone is 2. The molecule has 0 bridgehead atoms. The Morgan fingerprint density at radius 3 is 2.11 bits per heavy atom. The van der Waals surface area contributed by atoms with Gasteiger partial charge in [-0.1, -0.05) is 70.7 Å². The van der Waals surface area contributed by atoms with E-state index in [0.29, 0.717) is 29.6 Å². The van der Waals surface area contributed by atoms with Gasteiger partial charge in [-0.2, -0.15) is 0 Å². The SMILES string of the molecule is CC1(C)CCC[C@]2(C)[C@H]3C(=O)C=C4[C@@H]5C[C@@](C)(C(=O)ON6C(=O)c7ccccc7C6=O)CC[C@]5(C)CC[C@@]4(C)[C@]3(C)CC[C@@H]12. The van der Waals surface area contributed by atoms with Crippen LogP contribution in [-0.2, 0) is 14.4 Å². The third kappa shape index (κ3) is 3.72. The van der Waals surface area contributed by atoms with Crippen molar-refractivity contribution in [1.29, 1.82) is 0 Å². The van der Waals surface area contributed by atoms with Crippen LogP contribution >= 0.6 is 0 Å². The van der Waals surface area contributed by atoms with Gasteiger partial charge in [-0.15, -0.1) is 0 Å². The molecule has 1 heterocycles. The lowest BCUT2D eigenvalue weighted by Gasteiger charge is -2.70. The van der Waals surface area contributed by atoms with Crippen LogP contribution in [0.5, 0.6) is 0 Å². The van der Waals surface area contributed by atoms with Crippen molar-refractivity contribution in [1.82, 2.24) is 5.06 Å². The van der Waals surface area contributed by atoms with E-state index < -0.39 is 23.2 Å². The summed E-state index contributed by atoms with van der Waals surface area (Å²) in [6.45, 7) is 16.4. The first-order chi connectivity index (χ1) is 20.5. The molecule has 44 heavy (non-hydrogen) atoms. The Hall–Kier alpha value is -2.76. The maximum Gasteiger partial charge on any atom is 0.339 e. The molecule has 5 aliphatic carbocycles. The number of fused-ring (bicyclic) bond motifs is 8. The van der Waals surface area contributed by atoms with Gasteiger partial charge in [0.2, 0.25) is 0 Å². The van der Waals surface area contributed by atoms with Gasteiger partial charge in [0.1, 0.15) is 0 Å². The minimum atomic E-state index is -0.879. The molecule has 0 radical (unpaired) electrons. The Kier molecular flexibility index (Phi) is 6.23. The summed E-state index contributed by atoms with van der Waals surface area (Å²) in [5, 5.41) is 0.650. The van der Waals surface area contributed by atoms with E-state index in [1.807, 2.05) is 13.0 Å². The second-order valence-corrected chi connectivity index (χ2v) is 17.4. The van der Waals surface area contributed by atoms with Crippen LogP contribution in [0.1, 0.15) is 133 Å². The molecule has 236 valence electrons. The van der Waals surface area contributed by atoms with Gasteiger partial charge in [0.15, 0.2) is 5.78 Å². The number of hydrogen-bond donors (Lipinski definition) is 0. The van der Waals surface area contributed by atoms with Crippen LogP contribution in [0.2, 0.25) is 0 Å². The number of rotatable bonds is 2. The Labute approximate surface area is 262 Å². The molecule has 0 N–H and O–H groups in total. The van der Waals surface area contributed by atoms with E-state index in [2.05, 4.69) is 41.5 Å². The van der Waals surface area contributed by atoms with E-state index in [0.717, 1.165) is 32.1 Å². The first-order valence-corrected chi connectivity index (χ1v) is 17.0. The van der Waals surface area contributed by atoms with Crippen LogP contribution in [0.4, 0.5) is 0 Å².